The van der Waals surface area contributed by atoms with Gasteiger partial charge in [-0.2, -0.15) is 5.26 Å². The number of para-hydroxylation sites is 1. The van der Waals surface area contributed by atoms with E-state index in [0.29, 0.717) is 11.5 Å². The van der Waals surface area contributed by atoms with Gasteiger partial charge in [-0.3, -0.25) is 0 Å². The van der Waals surface area contributed by atoms with E-state index in [0.717, 1.165) is 19.4 Å². The maximum atomic E-state index is 8.97. The average Bonchev–Trinajstić information content (AvgIpc) is 2.61. The average molecular weight is 290 g/mol. The number of anilines is 1. The van der Waals surface area contributed by atoms with Gasteiger partial charge in [0.15, 0.2) is 0 Å². The largest absolute Gasteiger partial charge is 0.378 e. The molecular weight excluding hydrogens is 272 g/mol. The number of nitrogens with zero attached hydrogens (tertiary/aromatic N) is 1. The topological polar surface area (TPSA) is 45.0 Å². The highest BCUT2D eigenvalue weighted by Gasteiger charge is 2.39. The number of nitriles is 1. The number of fused-ring (bicyclic) bond motifs is 3. The van der Waals surface area contributed by atoms with Crippen molar-refractivity contribution in [1.29, 1.82) is 5.26 Å². The highest BCUT2D eigenvalue weighted by atomic mass is 16.5. The van der Waals surface area contributed by atoms with E-state index in [9.17, 15) is 0 Å². The molecule has 0 radical (unpaired) electrons. The zero-order chi connectivity index (χ0) is 14.9. The first-order valence-corrected chi connectivity index (χ1v) is 7.84. The molecule has 3 atom stereocenters. The molecule has 2 aromatic carbocycles. The quantitative estimate of drug-likeness (QED) is 0.856. The predicted octanol–water partition coefficient (Wildman–Crippen LogP) is 4.19. The van der Waals surface area contributed by atoms with E-state index in [4.69, 9.17) is 10.00 Å². The SMILES string of the molecule is N#Cc1ccc(C2Nc3ccccc3C3OCCCC23)cc1. The van der Waals surface area contributed by atoms with Crippen molar-refractivity contribution in [3.8, 4) is 6.07 Å². The molecule has 2 heterocycles. The minimum atomic E-state index is 0.173. The van der Waals surface area contributed by atoms with Crippen LogP contribution in [0.3, 0.4) is 0 Å². The van der Waals surface area contributed by atoms with Gasteiger partial charge in [0.25, 0.3) is 0 Å². The van der Waals surface area contributed by atoms with Gasteiger partial charge in [0.05, 0.1) is 23.8 Å². The molecule has 0 spiro atoms. The van der Waals surface area contributed by atoms with Gasteiger partial charge in [-0.25, -0.2) is 0 Å². The van der Waals surface area contributed by atoms with Crippen LogP contribution in [0.4, 0.5) is 5.69 Å². The van der Waals surface area contributed by atoms with Crippen LogP contribution in [0.2, 0.25) is 0 Å². The third kappa shape index (κ3) is 2.17. The predicted molar refractivity (Wildman–Crippen MR) is 85.4 cm³/mol. The molecule has 1 saturated heterocycles. The summed E-state index contributed by atoms with van der Waals surface area (Å²) in [5.41, 5.74) is 4.38. The fraction of sp³-hybridized carbons (Fsp3) is 0.316. The summed E-state index contributed by atoms with van der Waals surface area (Å²) in [4.78, 5) is 0. The van der Waals surface area contributed by atoms with Crippen LogP contribution in [-0.4, -0.2) is 6.61 Å². The Morgan fingerprint density at radius 1 is 1.09 bits per heavy atom. The van der Waals surface area contributed by atoms with Crippen LogP contribution in [0, 0.1) is 17.2 Å². The molecule has 2 aliphatic rings. The lowest BCUT2D eigenvalue weighted by molar-refractivity contribution is -0.0381. The highest BCUT2D eigenvalue weighted by molar-refractivity contribution is 5.57. The minimum Gasteiger partial charge on any atom is -0.378 e. The van der Waals surface area contributed by atoms with Crippen molar-refractivity contribution in [2.75, 3.05) is 11.9 Å². The summed E-state index contributed by atoms with van der Waals surface area (Å²) >= 11 is 0. The monoisotopic (exact) mass is 290 g/mol. The molecule has 3 heteroatoms. The normalized spacial score (nSPS) is 26.2. The Morgan fingerprint density at radius 3 is 2.73 bits per heavy atom. The molecule has 1 N–H and O–H groups in total. The van der Waals surface area contributed by atoms with Crippen molar-refractivity contribution in [3.63, 3.8) is 0 Å². The summed E-state index contributed by atoms with van der Waals surface area (Å²) in [7, 11) is 0. The smallest absolute Gasteiger partial charge is 0.0991 e. The van der Waals surface area contributed by atoms with E-state index in [1.165, 1.54) is 16.8 Å². The molecule has 22 heavy (non-hydrogen) atoms. The Bertz CT molecular complexity index is 717. The van der Waals surface area contributed by atoms with Crippen LogP contribution >= 0.6 is 0 Å². The first kappa shape index (κ1) is 13.4. The van der Waals surface area contributed by atoms with Crippen LogP contribution in [0.5, 0.6) is 0 Å². The summed E-state index contributed by atoms with van der Waals surface area (Å²) in [6.45, 7) is 0.843. The Balaban J connectivity index is 1.74. The number of benzene rings is 2. The molecule has 2 aromatic rings. The molecular formula is C19H18N2O. The number of rotatable bonds is 1. The van der Waals surface area contributed by atoms with Crippen molar-refractivity contribution in [2.24, 2.45) is 5.92 Å². The molecule has 0 amide bonds. The summed E-state index contributed by atoms with van der Waals surface area (Å²) in [6.07, 6.45) is 2.45. The van der Waals surface area contributed by atoms with Gasteiger partial charge in [-0.15, -0.1) is 0 Å². The van der Waals surface area contributed by atoms with Crippen molar-refractivity contribution < 1.29 is 4.74 Å². The fourth-order valence-electron chi connectivity index (χ4n) is 3.71. The molecule has 4 rings (SSSR count). The highest BCUT2D eigenvalue weighted by Crippen LogP contribution is 2.48. The molecule has 0 saturated carbocycles. The first-order valence-electron chi connectivity index (χ1n) is 7.84. The lowest BCUT2D eigenvalue weighted by Gasteiger charge is -2.43. The standard InChI is InChI=1S/C19H18N2O/c20-12-13-7-9-14(10-8-13)18-16-5-3-11-22-19(16)15-4-1-2-6-17(15)21-18/h1-2,4,6-10,16,18-19,21H,3,5,11H2. The maximum absolute atomic E-state index is 8.97. The Morgan fingerprint density at radius 2 is 1.91 bits per heavy atom. The van der Waals surface area contributed by atoms with Gasteiger partial charge < -0.3 is 10.1 Å². The van der Waals surface area contributed by atoms with Crippen LogP contribution in [0.25, 0.3) is 0 Å². The van der Waals surface area contributed by atoms with Gasteiger partial charge in [0, 0.05) is 23.8 Å². The third-order valence-electron chi connectivity index (χ3n) is 4.77. The molecule has 0 aliphatic carbocycles. The fourth-order valence-corrected chi connectivity index (χ4v) is 3.71. The molecule has 0 aromatic heterocycles. The number of hydrogen-bond donors (Lipinski definition) is 1. The molecule has 3 nitrogen and oxygen atoms in total. The van der Waals surface area contributed by atoms with Gasteiger partial charge in [0.2, 0.25) is 0 Å². The van der Waals surface area contributed by atoms with Crippen LogP contribution in [0.1, 0.15) is 41.7 Å². The van der Waals surface area contributed by atoms with Crippen molar-refractivity contribution in [3.05, 3.63) is 65.2 Å². The Labute approximate surface area is 130 Å². The molecule has 2 aliphatic heterocycles. The van der Waals surface area contributed by atoms with Gasteiger partial charge >= 0.3 is 0 Å². The third-order valence-corrected chi connectivity index (χ3v) is 4.77. The summed E-state index contributed by atoms with van der Waals surface area (Å²) < 4.78 is 6.11. The van der Waals surface area contributed by atoms with Gasteiger partial charge in [0.1, 0.15) is 0 Å². The summed E-state index contributed by atoms with van der Waals surface area (Å²) in [5.74, 6) is 0.441. The first-order chi connectivity index (χ1) is 10.9. The van der Waals surface area contributed by atoms with Crippen LogP contribution in [0.15, 0.2) is 48.5 Å². The lowest BCUT2D eigenvalue weighted by atomic mass is 9.77. The van der Waals surface area contributed by atoms with E-state index in [2.05, 4.69) is 47.8 Å². The second-order valence-corrected chi connectivity index (χ2v) is 6.04. The second-order valence-electron chi connectivity index (χ2n) is 6.04. The maximum Gasteiger partial charge on any atom is 0.0991 e. The van der Waals surface area contributed by atoms with E-state index in [1.807, 2.05) is 12.1 Å². The van der Waals surface area contributed by atoms with Gasteiger partial charge in [-0.05, 0) is 36.6 Å². The number of hydrogen-bond acceptors (Lipinski definition) is 3. The summed E-state index contributed by atoms with van der Waals surface area (Å²) in [6, 6.07) is 18.8. The van der Waals surface area contributed by atoms with Crippen molar-refractivity contribution in [1.82, 2.24) is 0 Å². The number of nitrogens with one attached hydrogen (secondary N) is 1. The van der Waals surface area contributed by atoms with E-state index in [1.54, 1.807) is 0 Å². The second kappa shape index (κ2) is 5.47. The number of ether oxygens (including phenoxy) is 1. The lowest BCUT2D eigenvalue weighted by Crippen LogP contribution is -2.35. The molecule has 3 unspecified atom stereocenters. The van der Waals surface area contributed by atoms with Crippen LogP contribution < -0.4 is 5.32 Å². The molecule has 0 bridgehead atoms. The zero-order valence-electron chi connectivity index (χ0n) is 12.3. The summed E-state index contributed by atoms with van der Waals surface area (Å²) in [5, 5.41) is 12.7. The van der Waals surface area contributed by atoms with Crippen molar-refractivity contribution in [2.45, 2.75) is 25.0 Å². The van der Waals surface area contributed by atoms with Gasteiger partial charge in [-0.1, -0.05) is 30.3 Å². The van der Waals surface area contributed by atoms with E-state index in [-0.39, 0.29) is 12.1 Å². The Hall–Kier alpha value is -2.31. The molecule has 1 fully saturated rings. The minimum absolute atomic E-state index is 0.173. The van der Waals surface area contributed by atoms with E-state index >= 15 is 0 Å². The van der Waals surface area contributed by atoms with E-state index < -0.39 is 0 Å². The Kier molecular flexibility index (Phi) is 3.32. The zero-order valence-corrected chi connectivity index (χ0v) is 12.3. The van der Waals surface area contributed by atoms with Crippen LogP contribution in [-0.2, 0) is 4.74 Å². The van der Waals surface area contributed by atoms with Crippen molar-refractivity contribution >= 4 is 5.69 Å². The molecule has 110 valence electrons.